The Bertz CT molecular complexity index is 976. The first-order chi connectivity index (χ1) is 12.5. The molecule has 3 nitrogen and oxygen atoms in total. The first-order valence-corrected chi connectivity index (χ1v) is 9.49. The minimum atomic E-state index is -1.09. The predicted octanol–water partition coefficient (Wildman–Crippen LogP) is 5.83. The molecule has 2 aromatic rings. The Balaban J connectivity index is 2.14. The van der Waals surface area contributed by atoms with Gasteiger partial charge in [0, 0.05) is 33.3 Å². The average Bonchev–Trinajstić information content (AvgIpc) is 2.54. The van der Waals surface area contributed by atoms with Crippen molar-refractivity contribution < 1.29 is 5.11 Å². The number of aliphatic imine (C=N–C) groups is 1. The highest BCUT2D eigenvalue weighted by atomic mass is 35.5. The molecule has 0 spiro atoms. The third-order valence-electron chi connectivity index (χ3n) is 4.09. The van der Waals surface area contributed by atoms with Crippen LogP contribution < -0.4 is 5.32 Å². The molecule has 0 fully saturated rings. The van der Waals surface area contributed by atoms with Gasteiger partial charge in [-0.3, -0.25) is 4.99 Å². The summed E-state index contributed by atoms with van der Waals surface area (Å²) in [4.78, 5) is 4.91. The zero-order valence-electron chi connectivity index (χ0n) is 15.8. The minimum absolute atomic E-state index is 0.134. The number of hydrogen-bond acceptors (Lipinski definition) is 3. The molecule has 0 bridgehead atoms. The van der Waals surface area contributed by atoms with Crippen LogP contribution >= 0.6 is 23.2 Å². The van der Waals surface area contributed by atoms with Gasteiger partial charge in [-0.1, -0.05) is 35.0 Å². The van der Waals surface area contributed by atoms with E-state index in [-0.39, 0.29) is 5.54 Å². The highest BCUT2D eigenvalue weighted by Crippen LogP contribution is 2.34. The zero-order chi connectivity index (χ0) is 19.8. The van der Waals surface area contributed by atoms with Crippen molar-refractivity contribution in [2.24, 2.45) is 4.99 Å². The topological polar surface area (TPSA) is 44.6 Å². The molecule has 0 aliphatic carbocycles. The third kappa shape index (κ3) is 5.05. The maximum absolute atomic E-state index is 9.92. The Kier molecular flexibility index (Phi) is 5.27. The number of halogens is 2. The summed E-state index contributed by atoms with van der Waals surface area (Å²) in [6, 6.07) is 11.2. The molecule has 3 rings (SSSR count). The minimum Gasteiger partial charge on any atom is -0.379 e. The summed E-state index contributed by atoms with van der Waals surface area (Å²) in [7, 11) is 0. The first-order valence-electron chi connectivity index (χ1n) is 8.73. The number of rotatable bonds is 1. The molecular formula is C22H22Cl2N2O. The van der Waals surface area contributed by atoms with E-state index in [0.29, 0.717) is 15.6 Å². The molecule has 1 heterocycles. The number of nitrogens with one attached hydrogen (secondary N) is 1. The number of benzene rings is 2. The lowest BCUT2D eigenvalue weighted by atomic mass is 9.87. The highest BCUT2D eigenvalue weighted by molar-refractivity contribution is 6.31. The lowest BCUT2D eigenvalue weighted by Crippen LogP contribution is -2.38. The van der Waals surface area contributed by atoms with Gasteiger partial charge in [-0.2, -0.15) is 0 Å². The van der Waals surface area contributed by atoms with Gasteiger partial charge < -0.3 is 10.4 Å². The molecule has 0 amide bonds. The van der Waals surface area contributed by atoms with Crippen molar-refractivity contribution in [3.05, 3.63) is 57.6 Å². The van der Waals surface area contributed by atoms with Crippen LogP contribution in [0, 0.1) is 11.8 Å². The van der Waals surface area contributed by atoms with Gasteiger partial charge >= 0.3 is 0 Å². The molecule has 0 saturated carbocycles. The van der Waals surface area contributed by atoms with Crippen molar-refractivity contribution in [2.45, 2.75) is 45.3 Å². The van der Waals surface area contributed by atoms with Crippen LogP contribution in [0.25, 0.3) is 0 Å². The molecule has 5 heteroatoms. The Morgan fingerprint density at radius 1 is 1.11 bits per heavy atom. The standard InChI is InChI=1S/C22H22Cl2N2O/c1-21(2)13-20(17-12-16(24)6-8-19(17)26-21)25-18-7-5-15(23)11-14(18)9-10-22(3,4)27/h5-8,11-12,26-27H,13H2,1-4H3. The smallest absolute Gasteiger partial charge is 0.120 e. The van der Waals surface area contributed by atoms with Crippen molar-refractivity contribution >= 4 is 40.3 Å². The highest BCUT2D eigenvalue weighted by Gasteiger charge is 2.29. The fraction of sp³-hybridized carbons (Fsp3) is 0.318. The van der Waals surface area contributed by atoms with E-state index in [0.717, 1.165) is 29.1 Å². The van der Waals surface area contributed by atoms with Crippen molar-refractivity contribution in [1.29, 1.82) is 0 Å². The third-order valence-corrected chi connectivity index (χ3v) is 4.56. The second-order valence-electron chi connectivity index (χ2n) is 7.90. The van der Waals surface area contributed by atoms with Crippen molar-refractivity contribution in [3.8, 4) is 11.8 Å². The van der Waals surface area contributed by atoms with Crippen LogP contribution in [0.5, 0.6) is 0 Å². The molecule has 140 valence electrons. The van der Waals surface area contributed by atoms with E-state index in [1.807, 2.05) is 24.3 Å². The van der Waals surface area contributed by atoms with Gasteiger partial charge in [0.2, 0.25) is 0 Å². The van der Waals surface area contributed by atoms with Gasteiger partial charge in [0.25, 0.3) is 0 Å². The van der Waals surface area contributed by atoms with Crippen LogP contribution in [-0.2, 0) is 0 Å². The SMILES string of the molecule is CC(C)(O)C#Cc1cc(Cl)ccc1N=C1CC(C)(C)Nc2ccc(Cl)cc21. The quantitative estimate of drug-likeness (QED) is 0.591. The second-order valence-corrected chi connectivity index (χ2v) is 8.78. The van der Waals surface area contributed by atoms with Crippen LogP contribution in [0.1, 0.15) is 45.2 Å². The molecular weight excluding hydrogens is 379 g/mol. The molecule has 1 aliphatic heterocycles. The normalized spacial score (nSPS) is 16.9. The summed E-state index contributed by atoms with van der Waals surface area (Å²) < 4.78 is 0. The van der Waals surface area contributed by atoms with Crippen molar-refractivity contribution in [2.75, 3.05) is 5.32 Å². The molecule has 0 saturated heterocycles. The number of hydrogen-bond donors (Lipinski definition) is 2. The summed E-state index contributed by atoms with van der Waals surface area (Å²) in [6.45, 7) is 7.56. The van der Waals surface area contributed by atoms with E-state index < -0.39 is 5.60 Å². The Morgan fingerprint density at radius 2 is 1.78 bits per heavy atom. The lowest BCUT2D eigenvalue weighted by molar-refractivity contribution is 0.143. The number of aliphatic hydroxyl groups is 1. The van der Waals surface area contributed by atoms with E-state index >= 15 is 0 Å². The molecule has 0 unspecified atom stereocenters. The van der Waals surface area contributed by atoms with E-state index in [1.165, 1.54) is 0 Å². The van der Waals surface area contributed by atoms with Gasteiger partial charge in [0.15, 0.2) is 0 Å². The monoisotopic (exact) mass is 400 g/mol. The van der Waals surface area contributed by atoms with Crippen LogP contribution in [0.4, 0.5) is 11.4 Å². The number of anilines is 1. The average molecular weight is 401 g/mol. The Morgan fingerprint density at radius 3 is 2.48 bits per heavy atom. The summed E-state index contributed by atoms with van der Waals surface area (Å²) in [5, 5.41) is 14.7. The summed E-state index contributed by atoms with van der Waals surface area (Å²) >= 11 is 12.4. The maximum atomic E-state index is 9.92. The van der Waals surface area contributed by atoms with E-state index in [9.17, 15) is 5.11 Å². The molecule has 2 N–H and O–H groups in total. The van der Waals surface area contributed by atoms with Crippen molar-refractivity contribution in [1.82, 2.24) is 0 Å². The second kappa shape index (κ2) is 7.20. The summed E-state index contributed by atoms with van der Waals surface area (Å²) in [5.74, 6) is 5.84. The van der Waals surface area contributed by atoms with Gasteiger partial charge in [-0.05, 0) is 64.1 Å². The fourth-order valence-corrected chi connectivity index (χ4v) is 3.30. The van der Waals surface area contributed by atoms with E-state index in [2.05, 4.69) is 31.0 Å². The fourth-order valence-electron chi connectivity index (χ4n) is 2.96. The molecule has 2 aromatic carbocycles. The Labute approximate surface area is 170 Å². The summed E-state index contributed by atoms with van der Waals surface area (Å²) in [5.41, 5.74) is 3.09. The molecule has 27 heavy (non-hydrogen) atoms. The van der Waals surface area contributed by atoms with E-state index in [4.69, 9.17) is 28.2 Å². The molecule has 0 atom stereocenters. The Hall–Kier alpha value is -1.99. The predicted molar refractivity (Wildman–Crippen MR) is 115 cm³/mol. The summed E-state index contributed by atoms with van der Waals surface area (Å²) in [6.07, 6.45) is 0.737. The van der Waals surface area contributed by atoms with E-state index in [1.54, 1.807) is 26.0 Å². The lowest BCUT2D eigenvalue weighted by Gasteiger charge is -2.34. The van der Waals surface area contributed by atoms with Gasteiger partial charge in [-0.25, -0.2) is 0 Å². The number of nitrogens with zero attached hydrogens (tertiary/aromatic N) is 1. The van der Waals surface area contributed by atoms with Crippen LogP contribution in [-0.4, -0.2) is 22.0 Å². The van der Waals surface area contributed by atoms with Crippen LogP contribution in [0.2, 0.25) is 10.0 Å². The van der Waals surface area contributed by atoms with Gasteiger partial charge in [-0.15, -0.1) is 0 Å². The van der Waals surface area contributed by atoms with Gasteiger partial charge in [0.1, 0.15) is 5.60 Å². The molecule has 0 aromatic heterocycles. The largest absolute Gasteiger partial charge is 0.379 e. The van der Waals surface area contributed by atoms with Crippen LogP contribution in [0.15, 0.2) is 41.4 Å². The molecule has 0 radical (unpaired) electrons. The molecule has 1 aliphatic rings. The maximum Gasteiger partial charge on any atom is 0.120 e. The van der Waals surface area contributed by atoms with Gasteiger partial charge in [0.05, 0.1) is 17.0 Å². The first kappa shape index (κ1) is 19.8. The number of fused-ring (bicyclic) bond motifs is 1. The van der Waals surface area contributed by atoms with Crippen molar-refractivity contribution in [3.63, 3.8) is 0 Å². The van der Waals surface area contributed by atoms with Crippen LogP contribution in [0.3, 0.4) is 0 Å². The zero-order valence-corrected chi connectivity index (χ0v) is 17.3.